The first kappa shape index (κ1) is 17.1. The normalized spacial score (nSPS) is 11.2. The van der Waals surface area contributed by atoms with Crippen molar-refractivity contribution in [1.29, 1.82) is 0 Å². The molecule has 0 saturated heterocycles. The molecule has 0 aromatic heterocycles. The zero-order valence-corrected chi connectivity index (χ0v) is 13.3. The first-order valence-electron chi connectivity index (χ1n) is 7.12. The van der Waals surface area contributed by atoms with Crippen LogP contribution in [-0.4, -0.2) is 27.4 Å². The highest BCUT2D eigenvalue weighted by Crippen LogP contribution is 2.12. The highest BCUT2D eigenvalue weighted by atomic mass is 32.2. The summed E-state index contributed by atoms with van der Waals surface area (Å²) in [5.41, 5.74) is 1.73. The van der Waals surface area contributed by atoms with Gasteiger partial charge in [0.15, 0.2) is 0 Å². The standard InChI is InChI=1S/C16H19N3O3S/c17-23(21,22)15-8-6-14(7-9-15)19-16(20)12-18-11-10-13-4-2-1-3-5-13/h1-9,18H,10-12H2,(H,19,20)(H2,17,21,22). The molecule has 0 unspecified atom stereocenters. The highest BCUT2D eigenvalue weighted by Gasteiger charge is 2.07. The number of nitrogens with one attached hydrogen (secondary N) is 2. The van der Waals surface area contributed by atoms with E-state index in [0.717, 1.165) is 6.42 Å². The second-order valence-corrected chi connectivity index (χ2v) is 6.59. The molecule has 0 bridgehead atoms. The third-order valence-electron chi connectivity index (χ3n) is 3.19. The molecule has 4 N–H and O–H groups in total. The average molecular weight is 333 g/mol. The molecule has 0 fully saturated rings. The lowest BCUT2D eigenvalue weighted by Crippen LogP contribution is -2.29. The van der Waals surface area contributed by atoms with E-state index in [1.807, 2.05) is 30.3 Å². The molecular formula is C16H19N3O3S. The summed E-state index contributed by atoms with van der Waals surface area (Å²) in [7, 11) is -3.72. The monoisotopic (exact) mass is 333 g/mol. The third kappa shape index (κ3) is 5.82. The Morgan fingerprint density at radius 1 is 1.00 bits per heavy atom. The number of carbonyl (C=O) groups is 1. The molecule has 0 heterocycles. The Labute approximate surface area is 135 Å². The number of hydrogen-bond donors (Lipinski definition) is 3. The fourth-order valence-electron chi connectivity index (χ4n) is 2.01. The first-order valence-corrected chi connectivity index (χ1v) is 8.67. The summed E-state index contributed by atoms with van der Waals surface area (Å²) in [4.78, 5) is 11.8. The Hall–Kier alpha value is -2.22. The van der Waals surface area contributed by atoms with Gasteiger partial charge in [-0.15, -0.1) is 0 Å². The number of nitrogens with two attached hydrogens (primary N) is 1. The van der Waals surface area contributed by atoms with Crippen LogP contribution in [0.2, 0.25) is 0 Å². The SMILES string of the molecule is NS(=O)(=O)c1ccc(NC(=O)CNCCc2ccccc2)cc1. The van der Waals surface area contributed by atoms with Crippen LogP contribution in [0.5, 0.6) is 0 Å². The van der Waals surface area contributed by atoms with Crippen molar-refractivity contribution >= 4 is 21.6 Å². The molecule has 0 aliphatic rings. The second kappa shape index (κ2) is 7.87. The molecule has 23 heavy (non-hydrogen) atoms. The number of hydrogen-bond acceptors (Lipinski definition) is 4. The second-order valence-electron chi connectivity index (χ2n) is 5.03. The van der Waals surface area contributed by atoms with Crippen LogP contribution in [0.1, 0.15) is 5.56 Å². The van der Waals surface area contributed by atoms with Crippen LogP contribution in [0.25, 0.3) is 0 Å². The van der Waals surface area contributed by atoms with Crippen LogP contribution in [0.3, 0.4) is 0 Å². The van der Waals surface area contributed by atoms with Gasteiger partial charge in [0.1, 0.15) is 0 Å². The molecule has 0 aliphatic carbocycles. The van der Waals surface area contributed by atoms with Gasteiger partial charge in [-0.05, 0) is 42.8 Å². The summed E-state index contributed by atoms with van der Waals surface area (Å²) in [5.74, 6) is -0.193. The molecule has 0 saturated carbocycles. The van der Waals surface area contributed by atoms with Crippen LogP contribution in [0.15, 0.2) is 59.5 Å². The predicted octanol–water partition coefficient (Wildman–Crippen LogP) is 1.10. The van der Waals surface area contributed by atoms with Gasteiger partial charge >= 0.3 is 0 Å². The molecule has 0 aliphatic heterocycles. The number of rotatable bonds is 7. The van der Waals surface area contributed by atoms with Gasteiger partial charge in [0.2, 0.25) is 15.9 Å². The van der Waals surface area contributed by atoms with Gasteiger partial charge in [-0.2, -0.15) is 0 Å². The van der Waals surface area contributed by atoms with Crippen molar-refractivity contribution in [3.8, 4) is 0 Å². The lowest BCUT2D eigenvalue weighted by atomic mass is 10.1. The summed E-state index contributed by atoms with van der Waals surface area (Å²) in [5, 5.41) is 10.8. The van der Waals surface area contributed by atoms with Crippen molar-refractivity contribution in [1.82, 2.24) is 5.32 Å². The van der Waals surface area contributed by atoms with Gasteiger partial charge in [-0.1, -0.05) is 30.3 Å². The minimum atomic E-state index is -3.72. The summed E-state index contributed by atoms with van der Waals surface area (Å²) in [6, 6.07) is 15.7. The van der Waals surface area contributed by atoms with Crippen molar-refractivity contribution in [2.24, 2.45) is 5.14 Å². The Bertz CT molecular complexity index is 744. The third-order valence-corrected chi connectivity index (χ3v) is 4.11. The van der Waals surface area contributed by atoms with E-state index >= 15 is 0 Å². The number of sulfonamides is 1. The van der Waals surface area contributed by atoms with E-state index in [9.17, 15) is 13.2 Å². The van der Waals surface area contributed by atoms with Gasteiger partial charge in [0.05, 0.1) is 11.4 Å². The summed E-state index contributed by atoms with van der Waals surface area (Å²) >= 11 is 0. The largest absolute Gasteiger partial charge is 0.325 e. The maximum atomic E-state index is 11.8. The maximum Gasteiger partial charge on any atom is 0.238 e. The van der Waals surface area contributed by atoms with Crippen molar-refractivity contribution in [3.63, 3.8) is 0 Å². The van der Waals surface area contributed by atoms with Crippen molar-refractivity contribution < 1.29 is 13.2 Å². The van der Waals surface area contributed by atoms with Gasteiger partial charge < -0.3 is 10.6 Å². The summed E-state index contributed by atoms with van der Waals surface area (Å²) in [6.07, 6.45) is 0.844. The molecule has 7 heteroatoms. The van der Waals surface area contributed by atoms with E-state index in [0.29, 0.717) is 12.2 Å². The Balaban J connectivity index is 1.74. The number of carbonyl (C=O) groups excluding carboxylic acids is 1. The minimum absolute atomic E-state index is 0.0106. The molecule has 0 atom stereocenters. The van der Waals surface area contributed by atoms with Gasteiger partial charge in [-0.3, -0.25) is 4.79 Å². The Morgan fingerprint density at radius 3 is 2.26 bits per heavy atom. The summed E-state index contributed by atoms with van der Waals surface area (Å²) in [6.45, 7) is 0.881. The minimum Gasteiger partial charge on any atom is -0.325 e. The van der Waals surface area contributed by atoms with Crippen molar-refractivity contribution in [2.45, 2.75) is 11.3 Å². The van der Waals surface area contributed by atoms with Crippen LogP contribution < -0.4 is 15.8 Å². The number of primary sulfonamides is 1. The van der Waals surface area contributed by atoms with E-state index in [1.54, 1.807) is 0 Å². The number of amides is 1. The van der Waals surface area contributed by atoms with Crippen LogP contribution >= 0.6 is 0 Å². The smallest absolute Gasteiger partial charge is 0.238 e. The first-order chi connectivity index (χ1) is 10.9. The van der Waals surface area contributed by atoms with E-state index in [2.05, 4.69) is 10.6 Å². The molecule has 2 rings (SSSR count). The molecule has 122 valence electrons. The number of anilines is 1. The molecule has 2 aromatic rings. The van der Waals surface area contributed by atoms with Gasteiger partial charge in [0, 0.05) is 5.69 Å². The van der Waals surface area contributed by atoms with Crippen molar-refractivity contribution in [3.05, 3.63) is 60.2 Å². The topological polar surface area (TPSA) is 101 Å². The van der Waals surface area contributed by atoms with Crippen LogP contribution in [0.4, 0.5) is 5.69 Å². The van der Waals surface area contributed by atoms with Crippen LogP contribution in [0, 0.1) is 0 Å². The van der Waals surface area contributed by atoms with E-state index in [1.165, 1.54) is 29.8 Å². The van der Waals surface area contributed by atoms with E-state index in [-0.39, 0.29) is 17.3 Å². The lowest BCUT2D eigenvalue weighted by molar-refractivity contribution is -0.115. The summed E-state index contributed by atoms with van der Waals surface area (Å²) < 4.78 is 22.3. The maximum absolute atomic E-state index is 11.8. The fraction of sp³-hybridized carbons (Fsp3) is 0.188. The predicted molar refractivity (Wildman–Crippen MR) is 89.5 cm³/mol. The van der Waals surface area contributed by atoms with Crippen LogP contribution in [-0.2, 0) is 21.2 Å². The fourth-order valence-corrected chi connectivity index (χ4v) is 2.53. The Kier molecular flexibility index (Phi) is 5.86. The van der Waals surface area contributed by atoms with Gasteiger partial charge in [-0.25, -0.2) is 13.6 Å². The molecule has 2 aromatic carbocycles. The lowest BCUT2D eigenvalue weighted by Gasteiger charge is -2.07. The molecule has 0 spiro atoms. The van der Waals surface area contributed by atoms with E-state index in [4.69, 9.17) is 5.14 Å². The van der Waals surface area contributed by atoms with Crippen molar-refractivity contribution in [2.75, 3.05) is 18.4 Å². The zero-order chi connectivity index (χ0) is 16.7. The molecular weight excluding hydrogens is 314 g/mol. The molecule has 1 amide bonds. The molecule has 0 radical (unpaired) electrons. The van der Waals surface area contributed by atoms with Gasteiger partial charge in [0.25, 0.3) is 0 Å². The highest BCUT2D eigenvalue weighted by molar-refractivity contribution is 7.89. The van der Waals surface area contributed by atoms with E-state index < -0.39 is 10.0 Å². The quantitative estimate of drug-likeness (QED) is 0.661. The zero-order valence-electron chi connectivity index (χ0n) is 12.5. The number of benzene rings is 2. The molecule has 6 nitrogen and oxygen atoms in total. The average Bonchev–Trinajstić information content (AvgIpc) is 2.52. The Morgan fingerprint density at radius 2 is 1.65 bits per heavy atom.